The number of aromatic amines is 1. The molecule has 0 radical (unpaired) electrons. The van der Waals surface area contributed by atoms with E-state index in [0.29, 0.717) is 27.2 Å². The van der Waals surface area contributed by atoms with Crippen molar-refractivity contribution in [2.45, 2.75) is 9.79 Å². The van der Waals surface area contributed by atoms with E-state index in [1.165, 1.54) is 24.3 Å². The Balaban J connectivity index is 1.79. The summed E-state index contributed by atoms with van der Waals surface area (Å²) in [5.74, 6) is 0. The lowest BCUT2D eigenvalue weighted by Gasteiger charge is -2.11. The van der Waals surface area contributed by atoms with Crippen LogP contribution >= 0.6 is 11.6 Å². The lowest BCUT2D eigenvalue weighted by Crippen LogP contribution is -2.16. The number of H-pyrrole nitrogens is 1. The number of aromatic nitrogens is 2. The molecule has 0 saturated carbocycles. The molecular formula is C20H16ClN3O4S2. The number of benzene rings is 3. The van der Waals surface area contributed by atoms with Crippen molar-refractivity contribution >= 4 is 48.1 Å². The lowest BCUT2D eigenvalue weighted by atomic mass is 10.1. The van der Waals surface area contributed by atoms with Gasteiger partial charge in [-0.2, -0.15) is 5.10 Å². The summed E-state index contributed by atoms with van der Waals surface area (Å²) in [6.07, 6.45) is 0.967. The van der Waals surface area contributed by atoms with E-state index in [1.54, 1.807) is 30.3 Å². The summed E-state index contributed by atoms with van der Waals surface area (Å²) in [6.45, 7) is 0. The Bertz CT molecular complexity index is 1480. The number of hydrogen-bond donors (Lipinski definition) is 2. The average molecular weight is 462 g/mol. The van der Waals surface area contributed by atoms with Crippen molar-refractivity contribution in [3.63, 3.8) is 0 Å². The van der Waals surface area contributed by atoms with Crippen LogP contribution in [0.1, 0.15) is 0 Å². The van der Waals surface area contributed by atoms with Crippen LogP contribution in [0.15, 0.2) is 76.5 Å². The van der Waals surface area contributed by atoms with Gasteiger partial charge in [-0.1, -0.05) is 41.9 Å². The van der Waals surface area contributed by atoms with Crippen LogP contribution in [0.25, 0.3) is 22.2 Å². The summed E-state index contributed by atoms with van der Waals surface area (Å²) in [5, 5.41) is 8.38. The van der Waals surface area contributed by atoms with Gasteiger partial charge in [0, 0.05) is 22.9 Å². The van der Waals surface area contributed by atoms with Gasteiger partial charge in [-0.25, -0.2) is 16.8 Å². The molecule has 4 aromatic rings. The van der Waals surface area contributed by atoms with E-state index >= 15 is 0 Å². The molecule has 0 amide bonds. The zero-order chi connectivity index (χ0) is 21.5. The fourth-order valence-electron chi connectivity index (χ4n) is 3.12. The molecule has 0 spiro atoms. The van der Waals surface area contributed by atoms with Crippen LogP contribution in [0, 0.1) is 0 Å². The van der Waals surface area contributed by atoms with Gasteiger partial charge in [-0.15, -0.1) is 0 Å². The summed E-state index contributed by atoms with van der Waals surface area (Å²) in [4.78, 5) is -0.579. The maximum absolute atomic E-state index is 12.9. The predicted octanol–water partition coefficient (Wildman–Crippen LogP) is 4.09. The number of sulfonamides is 1. The van der Waals surface area contributed by atoms with Gasteiger partial charge in [-0.3, -0.25) is 9.82 Å². The number of rotatable bonds is 5. The van der Waals surface area contributed by atoms with Crippen molar-refractivity contribution in [1.82, 2.24) is 10.2 Å². The monoisotopic (exact) mass is 461 g/mol. The molecule has 0 atom stereocenters. The Hall–Kier alpha value is -2.88. The molecule has 1 heterocycles. The van der Waals surface area contributed by atoms with Crippen molar-refractivity contribution in [1.29, 1.82) is 0 Å². The first kappa shape index (κ1) is 20.4. The number of nitrogens with zero attached hydrogens (tertiary/aromatic N) is 1. The third-order valence-corrected chi connectivity index (χ3v) is 7.54. The minimum Gasteiger partial charge on any atom is -0.280 e. The van der Waals surface area contributed by atoms with Gasteiger partial charge in [0.15, 0.2) is 9.84 Å². The number of anilines is 1. The van der Waals surface area contributed by atoms with E-state index in [2.05, 4.69) is 14.9 Å². The fraction of sp³-hybridized carbons (Fsp3) is 0.0500. The molecule has 7 nitrogen and oxygen atoms in total. The SMILES string of the molecule is CS(=O)(=O)c1ccccc1S(=O)(=O)Nc1ccc2[nH]nc(-c3ccccc3Cl)c2c1. The molecule has 2 N–H and O–H groups in total. The maximum atomic E-state index is 12.9. The van der Waals surface area contributed by atoms with Crippen molar-refractivity contribution < 1.29 is 16.8 Å². The number of fused-ring (bicyclic) bond motifs is 1. The quantitative estimate of drug-likeness (QED) is 0.465. The first-order valence-corrected chi connectivity index (χ1v) is 12.5. The second-order valence-electron chi connectivity index (χ2n) is 6.64. The zero-order valence-corrected chi connectivity index (χ0v) is 18.0. The van der Waals surface area contributed by atoms with Gasteiger partial charge in [0.1, 0.15) is 10.6 Å². The highest BCUT2D eigenvalue weighted by Gasteiger charge is 2.24. The highest BCUT2D eigenvalue weighted by Crippen LogP contribution is 2.33. The fourth-order valence-corrected chi connectivity index (χ4v) is 6.03. The van der Waals surface area contributed by atoms with Crippen LogP contribution in [-0.2, 0) is 19.9 Å². The molecule has 4 rings (SSSR count). The standard InChI is InChI=1S/C20H16ClN3O4S2/c1-29(25,26)18-8-4-5-9-19(18)30(27,28)24-13-10-11-17-15(12-13)20(23-22-17)14-6-2-3-7-16(14)21/h2-12,24H,1H3,(H,22,23). The van der Waals surface area contributed by atoms with E-state index in [0.717, 1.165) is 6.26 Å². The molecule has 0 aliphatic carbocycles. The molecule has 0 bridgehead atoms. The molecule has 0 unspecified atom stereocenters. The van der Waals surface area contributed by atoms with E-state index in [-0.39, 0.29) is 15.5 Å². The minimum atomic E-state index is -4.15. The number of nitrogens with one attached hydrogen (secondary N) is 2. The first-order valence-electron chi connectivity index (χ1n) is 8.72. The molecular weight excluding hydrogens is 446 g/mol. The molecule has 0 aliphatic rings. The van der Waals surface area contributed by atoms with Gasteiger partial charge in [0.05, 0.1) is 15.4 Å². The highest BCUT2D eigenvalue weighted by atomic mass is 35.5. The van der Waals surface area contributed by atoms with E-state index in [4.69, 9.17) is 11.6 Å². The van der Waals surface area contributed by atoms with Crippen LogP contribution in [0.2, 0.25) is 5.02 Å². The molecule has 30 heavy (non-hydrogen) atoms. The van der Waals surface area contributed by atoms with Crippen LogP contribution < -0.4 is 4.72 Å². The first-order chi connectivity index (χ1) is 14.2. The highest BCUT2D eigenvalue weighted by molar-refractivity contribution is 7.95. The third-order valence-electron chi connectivity index (χ3n) is 4.48. The molecule has 154 valence electrons. The van der Waals surface area contributed by atoms with Gasteiger partial charge >= 0.3 is 0 Å². The van der Waals surface area contributed by atoms with Gasteiger partial charge in [-0.05, 0) is 36.4 Å². The van der Waals surface area contributed by atoms with Crippen LogP contribution in [-0.4, -0.2) is 33.3 Å². The number of halogens is 1. The Morgan fingerprint density at radius 2 is 1.57 bits per heavy atom. The summed E-state index contributed by atoms with van der Waals surface area (Å²) < 4.78 is 52.3. The normalized spacial score (nSPS) is 12.2. The largest absolute Gasteiger partial charge is 0.280 e. The predicted molar refractivity (Wildman–Crippen MR) is 117 cm³/mol. The lowest BCUT2D eigenvalue weighted by molar-refractivity contribution is 0.588. The molecule has 3 aromatic carbocycles. The van der Waals surface area contributed by atoms with Gasteiger partial charge in [0.25, 0.3) is 10.0 Å². The summed E-state index contributed by atoms with van der Waals surface area (Å²) in [7, 11) is -7.88. The van der Waals surface area contributed by atoms with Gasteiger partial charge in [0.2, 0.25) is 0 Å². The summed E-state index contributed by atoms with van der Waals surface area (Å²) in [5.41, 5.74) is 2.24. The van der Waals surface area contributed by atoms with Crippen molar-refractivity contribution in [2.24, 2.45) is 0 Å². The Labute approximate surface area is 178 Å². The van der Waals surface area contributed by atoms with Crippen molar-refractivity contribution in [3.8, 4) is 11.3 Å². The third kappa shape index (κ3) is 3.79. The second-order valence-corrected chi connectivity index (χ2v) is 10.7. The number of sulfone groups is 1. The van der Waals surface area contributed by atoms with E-state index < -0.39 is 19.9 Å². The molecule has 10 heteroatoms. The number of hydrogen-bond acceptors (Lipinski definition) is 5. The summed E-state index contributed by atoms with van der Waals surface area (Å²) >= 11 is 6.28. The Kier molecular flexibility index (Phi) is 5.05. The van der Waals surface area contributed by atoms with Gasteiger partial charge < -0.3 is 0 Å². The topological polar surface area (TPSA) is 109 Å². The van der Waals surface area contributed by atoms with Crippen LogP contribution in [0.3, 0.4) is 0 Å². The van der Waals surface area contributed by atoms with E-state index in [1.807, 2.05) is 12.1 Å². The minimum absolute atomic E-state index is 0.264. The smallest absolute Gasteiger partial charge is 0.263 e. The molecule has 0 aliphatic heterocycles. The maximum Gasteiger partial charge on any atom is 0.263 e. The Morgan fingerprint density at radius 3 is 2.27 bits per heavy atom. The molecule has 0 saturated heterocycles. The van der Waals surface area contributed by atoms with Crippen molar-refractivity contribution in [2.75, 3.05) is 11.0 Å². The van der Waals surface area contributed by atoms with E-state index in [9.17, 15) is 16.8 Å². The zero-order valence-electron chi connectivity index (χ0n) is 15.6. The second kappa shape index (κ2) is 7.42. The van der Waals surface area contributed by atoms with Crippen LogP contribution in [0.4, 0.5) is 5.69 Å². The molecule has 0 fully saturated rings. The molecule has 1 aromatic heterocycles. The van der Waals surface area contributed by atoms with Crippen molar-refractivity contribution in [3.05, 3.63) is 71.8 Å². The average Bonchev–Trinajstić information content (AvgIpc) is 3.10. The summed E-state index contributed by atoms with van der Waals surface area (Å²) in [6, 6.07) is 17.5. The Morgan fingerprint density at radius 1 is 0.900 bits per heavy atom. The van der Waals surface area contributed by atoms with Crippen LogP contribution in [0.5, 0.6) is 0 Å².